The molecule has 1 rings (SSSR count). The number of hydrogen-bond donors (Lipinski definition) is 2. The van der Waals surface area contributed by atoms with E-state index in [9.17, 15) is 26.7 Å². The van der Waals surface area contributed by atoms with Crippen molar-refractivity contribution in [3.63, 3.8) is 0 Å². The number of hydrazine groups is 1. The summed E-state index contributed by atoms with van der Waals surface area (Å²) in [7, 11) is 1.06. The third-order valence-electron chi connectivity index (χ3n) is 2.49. The third kappa shape index (κ3) is 3.80. The Morgan fingerprint density at radius 1 is 1.40 bits per heavy atom. The van der Waals surface area contributed by atoms with Gasteiger partial charge in [-0.25, -0.2) is 8.78 Å². The van der Waals surface area contributed by atoms with E-state index >= 15 is 0 Å². The number of carbonyl (C=O) groups excluding carboxylic acids is 1. The van der Waals surface area contributed by atoms with E-state index in [1.54, 1.807) is 0 Å². The van der Waals surface area contributed by atoms with Crippen LogP contribution in [0.15, 0.2) is 18.2 Å². The van der Waals surface area contributed by atoms with Crippen molar-refractivity contribution >= 4 is 11.6 Å². The van der Waals surface area contributed by atoms with Gasteiger partial charge in [-0.15, -0.1) is 0 Å². The average Bonchev–Trinajstić information content (AvgIpc) is 2.35. The van der Waals surface area contributed by atoms with Gasteiger partial charge in [0.15, 0.2) is 0 Å². The highest BCUT2D eigenvalue weighted by atomic mass is 19.4. The number of nitrogens with one attached hydrogen (secondary N) is 1. The minimum atomic E-state index is -4.65. The third-order valence-corrected chi connectivity index (χ3v) is 2.49. The lowest BCUT2D eigenvalue weighted by Gasteiger charge is -2.19. The van der Waals surface area contributed by atoms with Gasteiger partial charge in [0, 0.05) is 7.05 Å². The van der Waals surface area contributed by atoms with Gasteiger partial charge in [0.2, 0.25) is 0 Å². The molecule has 0 saturated heterocycles. The molecule has 0 spiro atoms. The van der Waals surface area contributed by atoms with E-state index in [0.29, 0.717) is 11.0 Å². The quantitative estimate of drug-likeness (QED) is 0.509. The largest absolute Gasteiger partial charge is 0.416 e. The Balaban J connectivity index is 3.17. The molecule has 20 heavy (non-hydrogen) atoms. The molecule has 1 aromatic carbocycles. The van der Waals surface area contributed by atoms with E-state index in [1.165, 1.54) is 0 Å². The van der Waals surface area contributed by atoms with Crippen molar-refractivity contribution in [2.75, 3.05) is 19.0 Å². The molecule has 1 aromatic rings. The van der Waals surface area contributed by atoms with Crippen LogP contribution in [0.3, 0.4) is 0 Å². The number of carbonyl (C=O) groups is 1. The van der Waals surface area contributed by atoms with E-state index in [2.05, 4.69) is 5.43 Å². The van der Waals surface area contributed by atoms with Gasteiger partial charge in [-0.2, -0.15) is 13.2 Å². The summed E-state index contributed by atoms with van der Waals surface area (Å²) < 4.78 is 62.1. The van der Waals surface area contributed by atoms with Crippen molar-refractivity contribution < 1.29 is 26.7 Å². The van der Waals surface area contributed by atoms with Crippen molar-refractivity contribution in [1.29, 1.82) is 0 Å². The maximum absolute atomic E-state index is 12.6. The van der Waals surface area contributed by atoms with Crippen LogP contribution in [-0.4, -0.2) is 30.8 Å². The zero-order valence-electron chi connectivity index (χ0n) is 10.3. The Morgan fingerprint density at radius 2 is 2.00 bits per heavy atom. The van der Waals surface area contributed by atoms with E-state index in [0.717, 1.165) is 19.2 Å². The predicted molar refractivity (Wildman–Crippen MR) is 62.2 cm³/mol. The zero-order valence-corrected chi connectivity index (χ0v) is 10.3. The van der Waals surface area contributed by atoms with Gasteiger partial charge in [-0.1, -0.05) is 0 Å². The van der Waals surface area contributed by atoms with Crippen molar-refractivity contribution in [3.05, 3.63) is 29.3 Å². The molecule has 3 N–H and O–H groups in total. The van der Waals surface area contributed by atoms with Gasteiger partial charge in [0.25, 0.3) is 12.3 Å². The molecule has 0 fully saturated rings. The van der Waals surface area contributed by atoms with Crippen LogP contribution in [0.4, 0.5) is 27.6 Å². The van der Waals surface area contributed by atoms with Crippen molar-refractivity contribution in [2.45, 2.75) is 12.6 Å². The molecule has 0 heterocycles. The minimum Gasteiger partial charge on any atom is -0.336 e. The predicted octanol–water partition coefficient (Wildman–Crippen LogP) is 2.33. The van der Waals surface area contributed by atoms with E-state index in [-0.39, 0.29) is 5.69 Å². The Hall–Kier alpha value is -1.90. The normalized spacial score (nSPS) is 11.6. The summed E-state index contributed by atoms with van der Waals surface area (Å²) >= 11 is 0. The number of amides is 1. The number of hydrogen-bond acceptors (Lipinski definition) is 3. The standard InChI is InChI=1S/C11H12F5N3O/c1-19(5-9(12)13)10(20)7-4-6(11(14,15)16)2-3-8(7)18-17/h2-4,9,18H,5,17H2,1H3. The second-order valence-corrected chi connectivity index (χ2v) is 3.98. The van der Waals surface area contributed by atoms with Crippen LogP contribution in [0.25, 0.3) is 0 Å². The second kappa shape index (κ2) is 6.04. The van der Waals surface area contributed by atoms with Crippen LogP contribution in [0, 0.1) is 0 Å². The van der Waals surface area contributed by atoms with Crippen molar-refractivity contribution in [3.8, 4) is 0 Å². The van der Waals surface area contributed by atoms with Gasteiger partial charge < -0.3 is 10.3 Å². The molecular weight excluding hydrogens is 285 g/mol. The lowest BCUT2D eigenvalue weighted by atomic mass is 10.1. The SMILES string of the molecule is CN(CC(F)F)C(=O)c1cc(C(F)(F)F)ccc1NN. The highest BCUT2D eigenvalue weighted by molar-refractivity contribution is 5.99. The van der Waals surface area contributed by atoms with Gasteiger partial charge in [-0.3, -0.25) is 10.6 Å². The average molecular weight is 297 g/mol. The highest BCUT2D eigenvalue weighted by Crippen LogP contribution is 2.32. The van der Waals surface area contributed by atoms with Crippen LogP contribution in [0.2, 0.25) is 0 Å². The minimum absolute atomic E-state index is 0.0795. The molecule has 0 unspecified atom stereocenters. The first-order valence-corrected chi connectivity index (χ1v) is 5.38. The Kier molecular flexibility index (Phi) is 4.88. The van der Waals surface area contributed by atoms with Gasteiger partial charge in [-0.05, 0) is 18.2 Å². The maximum atomic E-state index is 12.6. The molecule has 0 saturated carbocycles. The Bertz CT molecular complexity index is 489. The number of nitrogens with two attached hydrogens (primary N) is 1. The summed E-state index contributed by atoms with van der Waals surface area (Å²) in [4.78, 5) is 12.5. The van der Waals surface area contributed by atoms with Crippen LogP contribution >= 0.6 is 0 Å². The molecule has 0 aliphatic rings. The molecule has 0 bridgehead atoms. The molecule has 4 nitrogen and oxygen atoms in total. The Labute approximate surface area is 111 Å². The van der Waals surface area contributed by atoms with E-state index in [1.807, 2.05) is 0 Å². The molecule has 0 radical (unpaired) electrons. The summed E-state index contributed by atoms with van der Waals surface area (Å²) in [5.41, 5.74) is 0.491. The first-order valence-electron chi connectivity index (χ1n) is 5.38. The van der Waals surface area contributed by atoms with Crippen molar-refractivity contribution in [1.82, 2.24) is 4.90 Å². The molecule has 0 aliphatic heterocycles. The molecule has 0 aromatic heterocycles. The van der Waals surface area contributed by atoms with Gasteiger partial charge in [0.05, 0.1) is 23.4 Å². The van der Waals surface area contributed by atoms with Crippen LogP contribution in [0.5, 0.6) is 0 Å². The van der Waals surface area contributed by atoms with Crippen LogP contribution < -0.4 is 11.3 Å². The lowest BCUT2D eigenvalue weighted by molar-refractivity contribution is -0.137. The topological polar surface area (TPSA) is 58.4 Å². The summed E-state index contributed by atoms with van der Waals surface area (Å²) in [6.07, 6.45) is -7.44. The van der Waals surface area contributed by atoms with Gasteiger partial charge in [0.1, 0.15) is 0 Å². The molecule has 0 aliphatic carbocycles. The molecular formula is C11H12F5N3O. The summed E-state index contributed by atoms with van der Waals surface area (Å²) in [6.45, 7) is -0.890. The number of nitrogens with zero attached hydrogens (tertiary/aromatic N) is 1. The molecule has 1 amide bonds. The molecule has 9 heteroatoms. The molecule has 0 atom stereocenters. The lowest BCUT2D eigenvalue weighted by Crippen LogP contribution is -2.32. The maximum Gasteiger partial charge on any atom is 0.416 e. The number of alkyl halides is 5. The Morgan fingerprint density at radius 3 is 2.45 bits per heavy atom. The highest BCUT2D eigenvalue weighted by Gasteiger charge is 2.32. The monoisotopic (exact) mass is 297 g/mol. The first-order chi connectivity index (χ1) is 9.16. The van der Waals surface area contributed by atoms with Crippen molar-refractivity contribution in [2.24, 2.45) is 5.84 Å². The smallest absolute Gasteiger partial charge is 0.336 e. The van der Waals surface area contributed by atoms with Crippen LogP contribution in [-0.2, 0) is 6.18 Å². The first kappa shape index (κ1) is 16.2. The van der Waals surface area contributed by atoms with E-state index in [4.69, 9.17) is 5.84 Å². The van der Waals surface area contributed by atoms with E-state index < -0.39 is 36.2 Å². The fraction of sp³-hybridized carbons (Fsp3) is 0.364. The second-order valence-electron chi connectivity index (χ2n) is 3.98. The van der Waals surface area contributed by atoms with Gasteiger partial charge >= 0.3 is 6.18 Å². The fourth-order valence-corrected chi connectivity index (χ4v) is 1.52. The number of anilines is 1. The zero-order chi connectivity index (χ0) is 15.5. The van der Waals surface area contributed by atoms with Crippen LogP contribution in [0.1, 0.15) is 15.9 Å². The summed E-state index contributed by atoms with van der Waals surface area (Å²) in [6, 6.07) is 2.27. The summed E-state index contributed by atoms with van der Waals surface area (Å²) in [5, 5.41) is 0. The number of nitrogen functional groups attached to an aromatic ring is 1. The summed E-state index contributed by atoms with van der Waals surface area (Å²) in [5.74, 6) is 4.12. The number of halogens is 5. The fourth-order valence-electron chi connectivity index (χ4n) is 1.52. The number of benzene rings is 1. The number of rotatable bonds is 4. The molecule has 112 valence electrons.